The standard InChI is InChI=1S/C26H31N5O2/c1-2-33-24-10-6-5-9-21(24)29-25-15-26(28-18-27-25)31-14-12-22(23(32)17-31)30-13-11-19-7-3-4-8-20(19)16-30/h3-10,15,18,22-23,32H,2,11-14,16-17H2,1H3,(H,27,28,29)/t22-,23-/m1/s1. The highest BCUT2D eigenvalue weighted by Gasteiger charge is 2.34. The molecule has 0 unspecified atom stereocenters. The molecule has 0 saturated carbocycles. The molecule has 5 rings (SSSR count). The monoisotopic (exact) mass is 445 g/mol. The molecule has 1 fully saturated rings. The lowest BCUT2D eigenvalue weighted by Gasteiger charge is -2.43. The summed E-state index contributed by atoms with van der Waals surface area (Å²) in [6, 6.07) is 18.6. The molecule has 0 spiro atoms. The lowest BCUT2D eigenvalue weighted by atomic mass is 9.94. The maximum Gasteiger partial charge on any atom is 0.142 e. The van der Waals surface area contributed by atoms with E-state index in [1.54, 1.807) is 6.33 Å². The number of benzene rings is 2. The van der Waals surface area contributed by atoms with Gasteiger partial charge in [0.25, 0.3) is 0 Å². The van der Waals surface area contributed by atoms with Crippen LogP contribution in [0.2, 0.25) is 0 Å². The maximum atomic E-state index is 11.0. The predicted molar refractivity (Wildman–Crippen MR) is 130 cm³/mol. The van der Waals surface area contributed by atoms with Crippen molar-refractivity contribution in [3.8, 4) is 5.75 Å². The summed E-state index contributed by atoms with van der Waals surface area (Å²) in [5.74, 6) is 2.32. The van der Waals surface area contributed by atoms with Crippen molar-refractivity contribution in [3.63, 3.8) is 0 Å². The van der Waals surface area contributed by atoms with Crippen molar-refractivity contribution in [1.29, 1.82) is 0 Å². The third kappa shape index (κ3) is 4.79. The van der Waals surface area contributed by atoms with E-state index in [9.17, 15) is 5.11 Å². The molecule has 0 amide bonds. The van der Waals surface area contributed by atoms with Crippen LogP contribution in [0.5, 0.6) is 5.75 Å². The topological polar surface area (TPSA) is 73.8 Å². The van der Waals surface area contributed by atoms with E-state index in [4.69, 9.17) is 4.74 Å². The fourth-order valence-corrected chi connectivity index (χ4v) is 4.93. The largest absolute Gasteiger partial charge is 0.492 e. The average molecular weight is 446 g/mol. The molecule has 7 nitrogen and oxygen atoms in total. The second-order valence-electron chi connectivity index (χ2n) is 8.67. The summed E-state index contributed by atoms with van der Waals surface area (Å²) in [4.78, 5) is 13.5. The summed E-state index contributed by atoms with van der Waals surface area (Å²) in [5, 5.41) is 14.4. The van der Waals surface area contributed by atoms with E-state index < -0.39 is 6.10 Å². The number of hydrogen-bond donors (Lipinski definition) is 2. The third-order valence-corrected chi connectivity index (χ3v) is 6.60. The molecular weight excluding hydrogens is 414 g/mol. The molecule has 2 aliphatic heterocycles. The summed E-state index contributed by atoms with van der Waals surface area (Å²) in [5.41, 5.74) is 3.69. The Bertz CT molecular complexity index is 1090. The Morgan fingerprint density at radius 3 is 2.73 bits per heavy atom. The van der Waals surface area contributed by atoms with Crippen LogP contribution < -0.4 is 15.0 Å². The molecule has 3 heterocycles. The first-order valence-electron chi connectivity index (χ1n) is 11.8. The minimum Gasteiger partial charge on any atom is -0.492 e. The zero-order chi connectivity index (χ0) is 22.6. The van der Waals surface area contributed by atoms with Crippen LogP contribution in [0.3, 0.4) is 0 Å². The van der Waals surface area contributed by atoms with Crippen LogP contribution in [0.4, 0.5) is 17.3 Å². The molecule has 172 valence electrons. The van der Waals surface area contributed by atoms with Gasteiger partial charge in [0.1, 0.15) is 23.7 Å². The number of ether oxygens (including phenoxy) is 1. The first kappa shape index (κ1) is 21.7. The van der Waals surface area contributed by atoms with Crippen molar-refractivity contribution >= 4 is 17.3 Å². The second-order valence-corrected chi connectivity index (χ2v) is 8.67. The van der Waals surface area contributed by atoms with Crippen LogP contribution in [0.15, 0.2) is 60.9 Å². The van der Waals surface area contributed by atoms with Crippen LogP contribution in [-0.2, 0) is 13.0 Å². The Morgan fingerprint density at radius 1 is 1.06 bits per heavy atom. The summed E-state index contributed by atoms with van der Waals surface area (Å²) in [6.45, 7) is 5.90. The predicted octanol–water partition coefficient (Wildman–Crippen LogP) is 3.62. The number of β-amino-alcohol motifs (C(OH)–C–C–N with tert-alkyl or cyclic N) is 1. The maximum absolute atomic E-state index is 11.0. The van der Waals surface area contributed by atoms with Gasteiger partial charge in [-0.2, -0.15) is 0 Å². The van der Waals surface area contributed by atoms with E-state index in [2.05, 4.69) is 49.4 Å². The van der Waals surface area contributed by atoms with Gasteiger partial charge in [0.2, 0.25) is 0 Å². The van der Waals surface area contributed by atoms with Gasteiger partial charge in [-0.1, -0.05) is 36.4 Å². The van der Waals surface area contributed by atoms with Crippen LogP contribution in [0.25, 0.3) is 0 Å². The Hall–Kier alpha value is -3.16. The summed E-state index contributed by atoms with van der Waals surface area (Å²) in [7, 11) is 0. The van der Waals surface area contributed by atoms with Gasteiger partial charge in [-0.3, -0.25) is 4.90 Å². The van der Waals surface area contributed by atoms with Gasteiger partial charge in [0.15, 0.2) is 0 Å². The van der Waals surface area contributed by atoms with Crippen molar-refractivity contribution in [2.45, 2.75) is 38.5 Å². The molecule has 33 heavy (non-hydrogen) atoms. The number of nitrogens with zero attached hydrogens (tertiary/aromatic N) is 4. The van der Waals surface area contributed by atoms with Crippen LogP contribution in [0, 0.1) is 0 Å². The lowest BCUT2D eigenvalue weighted by molar-refractivity contribution is 0.0293. The highest BCUT2D eigenvalue weighted by Crippen LogP contribution is 2.29. The molecule has 7 heteroatoms. The van der Waals surface area contributed by atoms with E-state index >= 15 is 0 Å². The van der Waals surface area contributed by atoms with E-state index in [0.29, 0.717) is 19.0 Å². The Balaban J connectivity index is 1.25. The van der Waals surface area contributed by atoms with Gasteiger partial charge < -0.3 is 20.1 Å². The minimum atomic E-state index is -0.422. The fourth-order valence-electron chi connectivity index (χ4n) is 4.93. The first-order valence-corrected chi connectivity index (χ1v) is 11.8. The van der Waals surface area contributed by atoms with E-state index in [-0.39, 0.29) is 6.04 Å². The van der Waals surface area contributed by atoms with Crippen molar-refractivity contribution in [1.82, 2.24) is 14.9 Å². The van der Waals surface area contributed by atoms with Crippen LogP contribution >= 0.6 is 0 Å². The van der Waals surface area contributed by atoms with E-state index in [1.165, 1.54) is 11.1 Å². The highest BCUT2D eigenvalue weighted by atomic mass is 16.5. The average Bonchev–Trinajstić information content (AvgIpc) is 2.85. The first-order chi connectivity index (χ1) is 16.2. The van der Waals surface area contributed by atoms with Crippen molar-refractivity contribution in [2.75, 3.05) is 36.5 Å². The zero-order valence-electron chi connectivity index (χ0n) is 19.0. The smallest absolute Gasteiger partial charge is 0.142 e. The molecule has 0 aliphatic carbocycles. The van der Waals surface area contributed by atoms with Crippen LogP contribution in [-0.4, -0.2) is 58.4 Å². The van der Waals surface area contributed by atoms with E-state index in [0.717, 1.165) is 49.7 Å². The molecule has 2 aromatic carbocycles. The SMILES string of the molecule is CCOc1ccccc1Nc1cc(N2CC[C@@H](N3CCc4ccccc4C3)[C@H](O)C2)ncn1. The highest BCUT2D eigenvalue weighted by molar-refractivity contribution is 5.65. The summed E-state index contributed by atoms with van der Waals surface area (Å²) in [6.07, 6.45) is 3.10. The molecule has 1 aromatic heterocycles. The van der Waals surface area contributed by atoms with Gasteiger partial charge in [-0.25, -0.2) is 9.97 Å². The number of anilines is 3. The van der Waals surface area contributed by atoms with Gasteiger partial charge in [-0.15, -0.1) is 0 Å². The third-order valence-electron chi connectivity index (χ3n) is 6.60. The zero-order valence-corrected chi connectivity index (χ0v) is 19.0. The Labute approximate surface area is 195 Å². The number of aromatic nitrogens is 2. The summed E-state index contributed by atoms with van der Waals surface area (Å²) >= 11 is 0. The molecule has 3 aromatic rings. The van der Waals surface area contributed by atoms with Gasteiger partial charge in [0, 0.05) is 38.3 Å². The number of piperidine rings is 1. The number of hydrogen-bond acceptors (Lipinski definition) is 7. The Morgan fingerprint density at radius 2 is 1.88 bits per heavy atom. The number of rotatable bonds is 6. The van der Waals surface area contributed by atoms with Gasteiger partial charge in [0.05, 0.1) is 18.4 Å². The van der Waals surface area contributed by atoms with Crippen molar-refractivity contribution < 1.29 is 9.84 Å². The molecule has 2 aliphatic rings. The number of aliphatic hydroxyl groups is 1. The molecule has 1 saturated heterocycles. The molecule has 0 bridgehead atoms. The normalized spacial score (nSPS) is 20.8. The summed E-state index contributed by atoms with van der Waals surface area (Å²) < 4.78 is 5.71. The Kier molecular flexibility index (Phi) is 6.41. The number of fused-ring (bicyclic) bond motifs is 1. The molecule has 2 N–H and O–H groups in total. The van der Waals surface area contributed by atoms with Crippen molar-refractivity contribution in [3.05, 3.63) is 72.1 Å². The van der Waals surface area contributed by atoms with E-state index in [1.807, 2.05) is 37.3 Å². The molecular formula is C26H31N5O2. The van der Waals surface area contributed by atoms with Crippen molar-refractivity contribution in [2.24, 2.45) is 0 Å². The fraction of sp³-hybridized carbons (Fsp3) is 0.385. The van der Waals surface area contributed by atoms with Gasteiger partial charge >= 0.3 is 0 Å². The molecule has 2 atom stereocenters. The number of aliphatic hydroxyl groups excluding tert-OH is 1. The minimum absolute atomic E-state index is 0.173. The van der Waals surface area contributed by atoms with Crippen LogP contribution in [0.1, 0.15) is 24.5 Å². The van der Waals surface area contributed by atoms with Gasteiger partial charge in [-0.05, 0) is 43.0 Å². The number of para-hydroxylation sites is 2. The lowest BCUT2D eigenvalue weighted by Crippen LogP contribution is -2.55. The number of nitrogens with one attached hydrogen (secondary N) is 1. The second kappa shape index (κ2) is 9.77. The quantitative estimate of drug-likeness (QED) is 0.600. The molecule has 0 radical (unpaired) electrons.